The van der Waals surface area contributed by atoms with Gasteiger partial charge in [-0.25, -0.2) is 8.42 Å². The molecule has 6 heteroatoms. The van der Waals surface area contributed by atoms with E-state index in [4.69, 9.17) is 0 Å². The molecule has 1 fully saturated rings. The van der Waals surface area contributed by atoms with Gasteiger partial charge in [0.15, 0.2) is 0 Å². The predicted octanol–water partition coefficient (Wildman–Crippen LogP) is 3.45. The lowest BCUT2D eigenvalue weighted by molar-refractivity contribution is -0.126. The number of hydrogen-bond donors (Lipinski definition) is 1. The molecule has 29 heavy (non-hydrogen) atoms. The molecule has 0 radical (unpaired) electrons. The zero-order valence-corrected chi connectivity index (χ0v) is 17.6. The highest BCUT2D eigenvalue weighted by atomic mass is 32.2. The number of piperidine rings is 1. The average molecular weight is 413 g/mol. The van der Waals surface area contributed by atoms with Crippen molar-refractivity contribution in [3.05, 3.63) is 65.2 Å². The maximum Gasteiger partial charge on any atom is 0.243 e. The third kappa shape index (κ3) is 4.23. The molecule has 5 nitrogen and oxygen atoms in total. The molecule has 0 unspecified atom stereocenters. The second-order valence-electron chi connectivity index (χ2n) is 8.10. The molecule has 0 saturated carbocycles. The fourth-order valence-electron chi connectivity index (χ4n) is 4.37. The Labute approximate surface area is 173 Å². The molecule has 154 valence electrons. The van der Waals surface area contributed by atoms with Gasteiger partial charge in [0.25, 0.3) is 0 Å². The first kappa shape index (κ1) is 20.1. The van der Waals surface area contributed by atoms with Crippen molar-refractivity contribution in [3.8, 4) is 0 Å². The van der Waals surface area contributed by atoms with Crippen LogP contribution in [0.3, 0.4) is 0 Å². The van der Waals surface area contributed by atoms with Crippen LogP contribution >= 0.6 is 0 Å². The monoisotopic (exact) mass is 412 g/mol. The fourth-order valence-corrected chi connectivity index (χ4v) is 5.89. The van der Waals surface area contributed by atoms with Gasteiger partial charge in [-0.2, -0.15) is 4.31 Å². The predicted molar refractivity (Wildman–Crippen MR) is 113 cm³/mol. The summed E-state index contributed by atoms with van der Waals surface area (Å²) in [6.07, 6.45) is 4.20. The molecular formula is C23H28N2O3S. The largest absolute Gasteiger partial charge is 0.349 e. The maximum atomic E-state index is 13.1. The summed E-state index contributed by atoms with van der Waals surface area (Å²) in [6, 6.07) is 15.3. The van der Waals surface area contributed by atoms with E-state index in [0.717, 1.165) is 30.4 Å². The lowest BCUT2D eigenvalue weighted by atomic mass is 9.96. The number of carbonyl (C=O) groups is 1. The van der Waals surface area contributed by atoms with Crippen molar-refractivity contribution in [2.75, 3.05) is 13.1 Å². The summed E-state index contributed by atoms with van der Waals surface area (Å²) >= 11 is 0. The van der Waals surface area contributed by atoms with E-state index < -0.39 is 10.0 Å². The normalized spacial score (nSPS) is 18.9. The summed E-state index contributed by atoms with van der Waals surface area (Å²) in [5.41, 5.74) is 3.50. The second kappa shape index (κ2) is 8.28. The number of aryl methyl sites for hydroxylation is 2. The van der Waals surface area contributed by atoms with Crippen LogP contribution in [0.4, 0.5) is 0 Å². The number of nitrogens with one attached hydrogen (secondary N) is 1. The Kier molecular flexibility index (Phi) is 5.74. The smallest absolute Gasteiger partial charge is 0.243 e. The zero-order valence-electron chi connectivity index (χ0n) is 16.8. The number of amides is 1. The molecule has 2 aromatic carbocycles. The van der Waals surface area contributed by atoms with Crippen molar-refractivity contribution in [3.63, 3.8) is 0 Å². The number of rotatable bonds is 5. The van der Waals surface area contributed by atoms with Gasteiger partial charge < -0.3 is 5.32 Å². The molecule has 1 saturated heterocycles. The van der Waals surface area contributed by atoms with Gasteiger partial charge in [0.05, 0.1) is 10.9 Å². The highest BCUT2D eigenvalue weighted by molar-refractivity contribution is 7.89. The Bertz CT molecular complexity index is 980. The molecule has 4 rings (SSSR count). The topological polar surface area (TPSA) is 66.5 Å². The van der Waals surface area contributed by atoms with E-state index in [1.54, 1.807) is 6.07 Å². The van der Waals surface area contributed by atoms with Crippen molar-refractivity contribution < 1.29 is 13.2 Å². The third-order valence-electron chi connectivity index (χ3n) is 6.19. The maximum absolute atomic E-state index is 13.1. The molecule has 0 spiro atoms. The summed E-state index contributed by atoms with van der Waals surface area (Å²) in [4.78, 5) is 13.0. The van der Waals surface area contributed by atoms with Crippen LogP contribution in [0, 0.1) is 5.92 Å². The summed E-state index contributed by atoms with van der Waals surface area (Å²) < 4.78 is 27.6. The molecule has 0 bridgehead atoms. The van der Waals surface area contributed by atoms with E-state index in [1.807, 2.05) is 49.4 Å². The molecule has 1 aliphatic carbocycles. The van der Waals surface area contributed by atoms with Crippen LogP contribution in [0.2, 0.25) is 0 Å². The Morgan fingerprint density at radius 1 is 1.03 bits per heavy atom. The first-order valence-corrected chi connectivity index (χ1v) is 11.9. The van der Waals surface area contributed by atoms with Gasteiger partial charge in [-0.3, -0.25) is 4.79 Å². The number of carbonyl (C=O) groups excluding carboxylic acids is 1. The van der Waals surface area contributed by atoms with E-state index in [-0.39, 0.29) is 17.9 Å². The van der Waals surface area contributed by atoms with Crippen molar-refractivity contribution >= 4 is 15.9 Å². The fraction of sp³-hybridized carbons (Fsp3) is 0.435. The third-order valence-corrected chi connectivity index (χ3v) is 8.09. The van der Waals surface area contributed by atoms with E-state index in [9.17, 15) is 13.2 Å². The molecule has 1 heterocycles. The molecule has 1 amide bonds. The van der Waals surface area contributed by atoms with Gasteiger partial charge in [0.1, 0.15) is 0 Å². The van der Waals surface area contributed by atoms with Gasteiger partial charge >= 0.3 is 0 Å². The van der Waals surface area contributed by atoms with Crippen LogP contribution in [0.25, 0.3) is 0 Å². The molecule has 0 aromatic heterocycles. The van der Waals surface area contributed by atoms with Gasteiger partial charge in [-0.1, -0.05) is 36.4 Å². The van der Waals surface area contributed by atoms with Gasteiger partial charge in [-0.05, 0) is 67.9 Å². The van der Waals surface area contributed by atoms with E-state index in [2.05, 4.69) is 5.32 Å². The van der Waals surface area contributed by atoms with Crippen LogP contribution < -0.4 is 5.32 Å². The van der Waals surface area contributed by atoms with Crippen LogP contribution in [0.1, 0.15) is 48.9 Å². The van der Waals surface area contributed by atoms with Crippen LogP contribution in [-0.2, 0) is 27.7 Å². The molecule has 1 aliphatic heterocycles. The van der Waals surface area contributed by atoms with Crippen molar-refractivity contribution in [2.24, 2.45) is 5.92 Å². The SMILES string of the molecule is C[C@H](NC(=O)C1CCN(S(=O)(=O)c2ccc3c(c2)CCC3)CC1)c1ccccc1. The lowest BCUT2D eigenvalue weighted by Gasteiger charge is -2.31. The summed E-state index contributed by atoms with van der Waals surface area (Å²) in [6.45, 7) is 2.75. The number of hydrogen-bond acceptors (Lipinski definition) is 3. The Balaban J connectivity index is 1.37. The molecule has 2 aliphatic rings. The number of benzene rings is 2. The van der Waals surface area contributed by atoms with E-state index in [0.29, 0.717) is 30.8 Å². The van der Waals surface area contributed by atoms with E-state index >= 15 is 0 Å². The average Bonchev–Trinajstić information content (AvgIpc) is 3.22. The summed E-state index contributed by atoms with van der Waals surface area (Å²) in [5, 5.41) is 3.07. The second-order valence-corrected chi connectivity index (χ2v) is 10.0. The highest BCUT2D eigenvalue weighted by Crippen LogP contribution is 2.29. The van der Waals surface area contributed by atoms with Crippen LogP contribution in [-0.4, -0.2) is 31.7 Å². The first-order valence-electron chi connectivity index (χ1n) is 10.4. The van der Waals surface area contributed by atoms with Crippen LogP contribution in [0.5, 0.6) is 0 Å². The lowest BCUT2D eigenvalue weighted by Crippen LogP contribution is -2.43. The number of sulfonamides is 1. The van der Waals surface area contributed by atoms with Gasteiger partial charge in [0.2, 0.25) is 15.9 Å². The Morgan fingerprint density at radius 3 is 2.45 bits per heavy atom. The quantitative estimate of drug-likeness (QED) is 0.818. The minimum absolute atomic E-state index is 0.0101. The first-order chi connectivity index (χ1) is 13.9. The minimum atomic E-state index is -3.50. The standard InChI is InChI=1S/C23H28N2O3S/c1-17(18-6-3-2-4-7-18)24-23(26)20-12-14-25(15-13-20)29(27,28)22-11-10-19-8-5-9-21(19)16-22/h2-4,6-7,10-11,16-17,20H,5,8-9,12-15H2,1H3,(H,24,26)/t17-/m0/s1. The molecule has 2 aromatic rings. The molecule has 1 N–H and O–H groups in total. The van der Waals surface area contributed by atoms with Crippen molar-refractivity contribution in [2.45, 2.75) is 50.0 Å². The minimum Gasteiger partial charge on any atom is -0.349 e. The van der Waals surface area contributed by atoms with Crippen molar-refractivity contribution in [1.29, 1.82) is 0 Å². The Morgan fingerprint density at radius 2 is 1.72 bits per heavy atom. The van der Waals surface area contributed by atoms with Gasteiger partial charge in [0, 0.05) is 19.0 Å². The Hall–Kier alpha value is -2.18. The van der Waals surface area contributed by atoms with E-state index in [1.165, 1.54) is 9.87 Å². The number of fused-ring (bicyclic) bond motifs is 1. The number of nitrogens with zero attached hydrogens (tertiary/aromatic N) is 1. The summed E-state index contributed by atoms with van der Waals surface area (Å²) in [7, 11) is -3.50. The van der Waals surface area contributed by atoms with Gasteiger partial charge in [-0.15, -0.1) is 0 Å². The molecular weight excluding hydrogens is 384 g/mol. The van der Waals surface area contributed by atoms with Crippen LogP contribution in [0.15, 0.2) is 53.4 Å². The van der Waals surface area contributed by atoms with Crippen molar-refractivity contribution in [1.82, 2.24) is 9.62 Å². The zero-order chi connectivity index (χ0) is 20.4. The summed E-state index contributed by atoms with van der Waals surface area (Å²) in [5.74, 6) is -0.136. The molecule has 1 atom stereocenters. The highest BCUT2D eigenvalue weighted by Gasteiger charge is 2.33.